The maximum Gasteiger partial charge on any atom is 0.349 e. The standard InChI is InChI=1S/C22H27N5O4/c1-14-12-15-17(13-16(14)26-9-6-7-10-26)27(11-5-3-2-4-8-18(28)29)20-19(23-15)21(30)25-22(31)24-20/h12-13H,2-11H2,1H3,(H,28,29)(H,25,30,31). The molecule has 1 saturated heterocycles. The highest BCUT2D eigenvalue weighted by atomic mass is 16.4. The summed E-state index contributed by atoms with van der Waals surface area (Å²) in [6.07, 6.45) is 5.59. The minimum absolute atomic E-state index is 0.159. The lowest BCUT2D eigenvalue weighted by molar-refractivity contribution is -0.137. The van der Waals surface area contributed by atoms with E-state index in [0.29, 0.717) is 24.3 Å². The first-order valence-corrected chi connectivity index (χ1v) is 10.9. The van der Waals surface area contributed by atoms with Gasteiger partial charge in [-0.15, -0.1) is 0 Å². The Kier molecular flexibility index (Phi) is 6.01. The second-order valence-corrected chi connectivity index (χ2v) is 8.19. The fraction of sp³-hybridized carbons (Fsp3) is 0.500. The molecule has 164 valence electrons. The number of hydrogen-bond donors (Lipinski definition) is 2. The molecule has 2 N–H and O–H groups in total. The van der Waals surface area contributed by atoms with Crippen molar-refractivity contribution in [2.75, 3.05) is 18.0 Å². The Balaban J connectivity index is 1.75. The van der Waals surface area contributed by atoms with E-state index in [1.807, 2.05) is 10.6 Å². The van der Waals surface area contributed by atoms with E-state index in [1.165, 1.54) is 12.8 Å². The number of aryl methyl sites for hydroxylation is 2. The van der Waals surface area contributed by atoms with Crippen LogP contribution < -0.4 is 16.1 Å². The molecule has 0 saturated carbocycles. The molecule has 9 heteroatoms. The molecule has 9 nitrogen and oxygen atoms in total. The van der Waals surface area contributed by atoms with E-state index >= 15 is 0 Å². The number of H-pyrrole nitrogens is 1. The number of aromatic nitrogens is 4. The number of anilines is 1. The Morgan fingerprint density at radius 2 is 1.84 bits per heavy atom. The van der Waals surface area contributed by atoms with Crippen LogP contribution in [0.1, 0.15) is 50.5 Å². The summed E-state index contributed by atoms with van der Waals surface area (Å²) in [5.74, 6) is -0.486. The number of carbonyl (C=O) groups is 1. The first-order valence-electron chi connectivity index (χ1n) is 10.9. The number of unbranched alkanes of at least 4 members (excludes halogenated alkanes) is 3. The van der Waals surface area contributed by atoms with Crippen molar-refractivity contribution < 1.29 is 9.90 Å². The number of aromatic amines is 1. The first kappa shape index (κ1) is 21.0. The number of nitrogens with zero attached hydrogens (tertiary/aromatic N) is 4. The summed E-state index contributed by atoms with van der Waals surface area (Å²) >= 11 is 0. The van der Waals surface area contributed by atoms with Crippen LogP contribution in [-0.4, -0.2) is 43.7 Å². The SMILES string of the molecule is Cc1cc2nc3c(=O)[nH]c(=O)nc-3n(CCCCCCC(=O)O)c2cc1N1CCCC1. The average Bonchev–Trinajstić information content (AvgIpc) is 3.24. The number of carboxylic acids is 1. The predicted molar refractivity (Wildman–Crippen MR) is 118 cm³/mol. The van der Waals surface area contributed by atoms with Gasteiger partial charge in [0.05, 0.1) is 11.0 Å². The molecule has 0 spiro atoms. The highest BCUT2D eigenvalue weighted by Gasteiger charge is 2.21. The minimum Gasteiger partial charge on any atom is -0.481 e. The third-order valence-electron chi connectivity index (χ3n) is 5.90. The molecule has 3 aliphatic rings. The number of fused-ring (bicyclic) bond motifs is 2. The summed E-state index contributed by atoms with van der Waals surface area (Å²) in [6.45, 7) is 4.65. The van der Waals surface area contributed by atoms with E-state index in [0.717, 1.165) is 49.1 Å². The second-order valence-electron chi connectivity index (χ2n) is 8.19. The van der Waals surface area contributed by atoms with Crippen molar-refractivity contribution in [3.63, 3.8) is 0 Å². The zero-order valence-corrected chi connectivity index (χ0v) is 17.7. The Morgan fingerprint density at radius 3 is 2.58 bits per heavy atom. The fourth-order valence-corrected chi connectivity index (χ4v) is 4.36. The van der Waals surface area contributed by atoms with Gasteiger partial charge in [0.1, 0.15) is 0 Å². The van der Waals surface area contributed by atoms with Gasteiger partial charge in [0.25, 0.3) is 5.56 Å². The van der Waals surface area contributed by atoms with E-state index < -0.39 is 17.2 Å². The number of aliphatic carboxylic acids is 1. The average molecular weight is 425 g/mol. The van der Waals surface area contributed by atoms with Crippen molar-refractivity contribution in [1.82, 2.24) is 19.5 Å². The Morgan fingerprint density at radius 1 is 1.10 bits per heavy atom. The summed E-state index contributed by atoms with van der Waals surface area (Å²) < 4.78 is 1.92. The van der Waals surface area contributed by atoms with Crippen LogP contribution >= 0.6 is 0 Å². The summed E-state index contributed by atoms with van der Waals surface area (Å²) in [4.78, 5) is 48.2. The van der Waals surface area contributed by atoms with Crippen LogP contribution in [0.4, 0.5) is 5.69 Å². The van der Waals surface area contributed by atoms with Crippen LogP contribution in [0.5, 0.6) is 0 Å². The van der Waals surface area contributed by atoms with Crippen molar-refractivity contribution in [3.8, 4) is 11.5 Å². The molecule has 0 bridgehead atoms. The van der Waals surface area contributed by atoms with E-state index in [2.05, 4.69) is 32.8 Å². The van der Waals surface area contributed by atoms with Crippen molar-refractivity contribution in [1.29, 1.82) is 0 Å². The third-order valence-corrected chi connectivity index (χ3v) is 5.90. The van der Waals surface area contributed by atoms with Gasteiger partial charge in [-0.2, -0.15) is 4.98 Å². The number of hydrogen-bond acceptors (Lipinski definition) is 6. The highest BCUT2D eigenvalue weighted by molar-refractivity contribution is 5.84. The van der Waals surface area contributed by atoms with Gasteiger partial charge in [0.15, 0.2) is 11.5 Å². The Labute approximate surface area is 179 Å². The molecule has 3 aliphatic heterocycles. The van der Waals surface area contributed by atoms with Crippen LogP contribution in [0.3, 0.4) is 0 Å². The number of rotatable bonds is 8. The molecular weight excluding hydrogens is 398 g/mol. The first-order chi connectivity index (χ1) is 14.9. The van der Waals surface area contributed by atoms with Gasteiger partial charge in [-0.25, -0.2) is 9.78 Å². The predicted octanol–water partition coefficient (Wildman–Crippen LogP) is 2.53. The van der Waals surface area contributed by atoms with Crippen molar-refractivity contribution in [2.24, 2.45) is 0 Å². The van der Waals surface area contributed by atoms with Crippen molar-refractivity contribution in [3.05, 3.63) is 38.5 Å². The van der Waals surface area contributed by atoms with Crippen LogP contribution in [0.25, 0.3) is 22.6 Å². The van der Waals surface area contributed by atoms with Crippen LogP contribution in [-0.2, 0) is 11.3 Å². The topological polar surface area (TPSA) is 121 Å². The molecule has 4 rings (SSSR count). The molecule has 1 fully saturated rings. The summed E-state index contributed by atoms with van der Waals surface area (Å²) in [5, 5.41) is 8.79. The quantitative estimate of drug-likeness (QED) is 0.420. The minimum atomic E-state index is -0.781. The van der Waals surface area contributed by atoms with E-state index in [9.17, 15) is 14.4 Å². The van der Waals surface area contributed by atoms with Gasteiger partial charge in [-0.1, -0.05) is 12.8 Å². The largest absolute Gasteiger partial charge is 0.481 e. The highest BCUT2D eigenvalue weighted by Crippen LogP contribution is 2.31. The van der Waals surface area contributed by atoms with Gasteiger partial charge in [-0.3, -0.25) is 14.6 Å². The number of nitrogens with one attached hydrogen (secondary N) is 1. The zero-order valence-electron chi connectivity index (χ0n) is 17.7. The molecule has 31 heavy (non-hydrogen) atoms. The van der Waals surface area contributed by atoms with E-state index in [-0.39, 0.29) is 12.1 Å². The van der Waals surface area contributed by atoms with Gasteiger partial charge in [0.2, 0.25) is 0 Å². The van der Waals surface area contributed by atoms with Gasteiger partial charge < -0.3 is 14.6 Å². The van der Waals surface area contributed by atoms with Crippen LogP contribution in [0, 0.1) is 6.92 Å². The number of benzene rings is 1. The lowest BCUT2D eigenvalue weighted by Gasteiger charge is -2.23. The monoisotopic (exact) mass is 425 g/mol. The van der Waals surface area contributed by atoms with Crippen LogP contribution in [0.2, 0.25) is 0 Å². The molecule has 0 amide bonds. The maximum atomic E-state index is 12.4. The lowest BCUT2D eigenvalue weighted by atomic mass is 10.1. The van der Waals surface area contributed by atoms with Crippen LogP contribution in [0.15, 0.2) is 21.7 Å². The molecule has 0 unspecified atom stereocenters. The van der Waals surface area contributed by atoms with E-state index in [1.54, 1.807) is 0 Å². The van der Waals surface area contributed by atoms with Gasteiger partial charge in [0, 0.05) is 31.7 Å². The van der Waals surface area contributed by atoms with Gasteiger partial charge >= 0.3 is 11.7 Å². The summed E-state index contributed by atoms with van der Waals surface area (Å²) in [5.41, 5.74) is 2.74. The number of carboxylic acid groups (broad SMARTS) is 1. The summed E-state index contributed by atoms with van der Waals surface area (Å²) in [6, 6.07) is 4.09. The van der Waals surface area contributed by atoms with Gasteiger partial charge in [-0.05, 0) is 50.3 Å². The van der Waals surface area contributed by atoms with Crippen molar-refractivity contribution >= 4 is 22.7 Å². The summed E-state index contributed by atoms with van der Waals surface area (Å²) in [7, 11) is 0. The molecule has 0 aliphatic carbocycles. The Bertz CT molecular complexity index is 1190. The smallest absolute Gasteiger partial charge is 0.349 e. The molecule has 1 aromatic carbocycles. The molecule has 3 heterocycles. The zero-order chi connectivity index (χ0) is 22.0. The van der Waals surface area contributed by atoms with E-state index in [4.69, 9.17) is 5.11 Å². The molecule has 0 radical (unpaired) electrons. The van der Waals surface area contributed by atoms with Crippen molar-refractivity contribution in [2.45, 2.75) is 58.4 Å². The molecule has 1 aromatic rings. The molecule has 0 atom stereocenters. The normalized spacial score (nSPS) is 14.0. The third kappa shape index (κ3) is 4.45. The Hall–Kier alpha value is -3.23. The second kappa shape index (κ2) is 8.87. The lowest BCUT2D eigenvalue weighted by Crippen LogP contribution is -2.29. The maximum absolute atomic E-state index is 12.4. The fourth-order valence-electron chi connectivity index (χ4n) is 4.36. The molecular formula is C22H27N5O4. The molecule has 0 aromatic heterocycles.